The third kappa shape index (κ3) is 5.30. The van der Waals surface area contributed by atoms with E-state index < -0.39 is 0 Å². The van der Waals surface area contributed by atoms with Gasteiger partial charge in [0.2, 0.25) is 0 Å². The normalized spacial score (nSPS) is 17.9. The molecule has 0 bridgehead atoms. The topological polar surface area (TPSA) is 39.7 Å². The van der Waals surface area contributed by atoms with Gasteiger partial charge in [-0.25, -0.2) is 0 Å². The van der Waals surface area contributed by atoms with Crippen LogP contribution in [0.15, 0.2) is 24.3 Å². The van der Waals surface area contributed by atoms with Gasteiger partial charge in [-0.2, -0.15) is 0 Å². The van der Waals surface area contributed by atoms with Crippen LogP contribution in [0.5, 0.6) is 5.75 Å². The van der Waals surface area contributed by atoms with Crippen LogP contribution in [0.4, 0.5) is 0 Å². The smallest absolute Gasteiger partial charge is 0.119 e. The standard InChI is InChI=1S/C17H27NO3/c1-13(2)18-12-17(21-15-7-9-20-10-8-15)14-5-4-6-16(11-14)19-3/h4-6,11,13,15,17-18H,7-10,12H2,1-3H3. The Labute approximate surface area is 127 Å². The first-order chi connectivity index (χ1) is 10.2. The lowest BCUT2D eigenvalue weighted by atomic mass is 10.1. The molecular formula is C17H27NO3. The summed E-state index contributed by atoms with van der Waals surface area (Å²) in [5.74, 6) is 0.873. The molecule has 0 aromatic heterocycles. The third-order valence-corrected chi connectivity index (χ3v) is 3.70. The molecule has 0 radical (unpaired) electrons. The summed E-state index contributed by atoms with van der Waals surface area (Å²) in [6.07, 6.45) is 2.28. The number of nitrogens with one attached hydrogen (secondary N) is 1. The zero-order valence-electron chi connectivity index (χ0n) is 13.3. The van der Waals surface area contributed by atoms with Crippen LogP contribution in [0, 0.1) is 0 Å². The van der Waals surface area contributed by atoms with Crippen molar-refractivity contribution < 1.29 is 14.2 Å². The van der Waals surface area contributed by atoms with Crippen LogP contribution in [0.1, 0.15) is 38.4 Å². The van der Waals surface area contributed by atoms with Crippen molar-refractivity contribution in [3.63, 3.8) is 0 Å². The molecule has 0 aliphatic carbocycles. The largest absolute Gasteiger partial charge is 0.497 e. The molecule has 4 heteroatoms. The Morgan fingerprint density at radius 2 is 2.05 bits per heavy atom. The molecule has 4 nitrogen and oxygen atoms in total. The molecule has 0 saturated carbocycles. The molecule has 2 rings (SSSR count). The summed E-state index contributed by atoms with van der Waals surface area (Å²) in [5, 5.41) is 3.47. The number of hydrogen-bond acceptors (Lipinski definition) is 4. The minimum absolute atomic E-state index is 0.0469. The maximum absolute atomic E-state index is 6.33. The Hall–Kier alpha value is -1.10. The Morgan fingerprint density at radius 1 is 1.29 bits per heavy atom. The first-order valence-corrected chi connectivity index (χ1v) is 7.79. The predicted octanol–water partition coefficient (Wildman–Crippen LogP) is 2.93. The molecule has 1 aliphatic heterocycles. The fourth-order valence-corrected chi connectivity index (χ4v) is 2.47. The fraction of sp³-hybridized carbons (Fsp3) is 0.647. The lowest BCUT2D eigenvalue weighted by molar-refractivity contribution is -0.0693. The minimum Gasteiger partial charge on any atom is -0.497 e. The monoisotopic (exact) mass is 293 g/mol. The van der Waals surface area contributed by atoms with Crippen LogP contribution in [-0.2, 0) is 9.47 Å². The summed E-state index contributed by atoms with van der Waals surface area (Å²) in [6, 6.07) is 8.59. The van der Waals surface area contributed by atoms with Gasteiger partial charge in [0, 0.05) is 25.8 Å². The number of methoxy groups -OCH3 is 1. The van der Waals surface area contributed by atoms with Gasteiger partial charge in [-0.1, -0.05) is 26.0 Å². The van der Waals surface area contributed by atoms with Crippen LogP contribution in [0.2, 0.25) is 0 Å². The van der Waals surface area contributed by atoms with Crippen molar-refractivity contribution in [2.75, 3.05) is 26.9 Å². The maximum Gasteiger partial charge on any atom is 0.119 e. The van der Waals surface area contributed by atoms with Crippen molar-refractivity contribution in [3.05, 3.63) is 29.8 Å². The number of rotatable bonds is 7. The second-order valence-electron chi connectivity index (χ2n) is 5.78. The van der Waals surface area contributed by atoms with Crippen molar-refractivity contribution in [1.29, 1.82) is 0 Å². The summed E-state index contributed by atoms with van der Waals surface area (Å²) in [6.45, 7) is 6.70. The van der Waals surface area contributed by atoms with Crippen LogP contribution in [0.3, 0.4) is 0 Å². The molecule has 21 heavy (non-hydrogen) atoms. The first kappa shape index (κ1) is 16.3. The van der Waals surface area contributed by atoms with Gasteiger partial charge in [-0.3, -0.25) is 0 Å². The Bertz CT molecular complexity index is 416. The molecule has 118 valence electrons. The van der Waals surface area contributed by atoms with E-state index in [1.165, 1.54) is 0 Å². The van der Waals surface area contributed by atoms with Gasteiger partial charge < -0.3 is 19.5 Å². The van der Waals surface area contributed by atoms with Crippen LogP contribution in [-0.4, -0.2) is 39.0 Å². The van der Waals surface area contributed by atoms with Gasteiger partial charge in [0.15, 0.2) is 0 Å². The zero-order chi connectivity index (χ0) is 15.1. The highest BCUT2D eigenvalue weighted by atomic mass is 16.5. The third-order valence-electron chi connectivity index (χ3n) is 3.70. The number of ether oxygens (including phenoxy) is 3. The summed E-state index contributed by atoms with van der Waals surface area (Å²) in [5.41, 5.74) is 1.16. The molecule has 1 N–H and O–H groups in total. The van der Waals surface area contributed by atoms with E-state index in [-0.39, 0.29) is 12.2 Å². The van der Waals surface area contributed by atoms with Crippen molar-refractivity contribution in [2.24, 2.45) is 0 Å². The van der Waals surface area contributed by atoms with Crippen molar-refractivity contribution >= 4 is 0 Å². The Balaban J connectivity index is 2.05. The highest BCUT2D eigenvalue weighted by Crippen LogP contribution is 2.25. The highest BCUT2D eigenvalue weighted by molar-refractivity contribution is 5.30. The Morgan fingerprint density at radius 3 is 2.71 bits per heavy atom. The molecule has 0 amide bonds. The van der Waals surface area contributed by atoms with Crippen LogP contribution >= 0.6 is 0 Å². The van der Waals surface area contributed by atoms with Crippen molar-refractivity contribution in [2.45, 2.75) is 44.9 Å². The average molecular weight is 293 g/mol. The summed E-state index contributed by atoms with van der Waals surface area (Å²) >= 11 is 0. The average Bonchev–Trinajstić information content (AvgIpc) is 2.52. The minimum atomic E-state index is 0.0469. The van der Waals surface area contributed by atoms with E-state index in [1.807, 2.05) is 12.1 Å². The zero-order valence-corrected chi connectivity index (χ0v) is 13.3. The van der Waals surface area contributed by atoms with Gasteiger partial charge >= 0.3 is 0 Å². The molecule has 1 aromatic rings. The van der Waals surface area contributed by atoms with Crippen molar-refractivity contribution in [1.82, 2.24) is 5.32 Å². The second kappa shape index (κ2) is 8.37. The van der Waals surface area contributed by atoms with E-state index in [1.54, 1.807) is 7.11 Å². The van der Waals surface area contributed by atoms with Gasteiger partial charge in [0.05, 0.1) is 19.3 Å². The fourth-order valence-electron chi connectivity index (χ4n) is 2.47. The summed E-state index contributed by atoms with van der Waals surface area (Å²) in [4.78, 5) is 0. The van der Waals surface area contributed by atoms with E-state index in [9.17, 15) is 0 Å². The molecule has 1 atom stereocenters. The number of benzene rings is 1. The van der Waals surface area contributed by atoms with E-state index in [0.29, 0.717) is 6.04 Å². The molecule has 1 heterocycles. The molecule has 1 saturated heterocycles. The van der Waals surface area contributed by atoms with Crippen molar-refractivity contribution in [3.8, 4) is 5.75 Å². The second-order valence-corrected chi connectivity index (χ2v) is 5.78. The van der Waals surface area contributed by atoms with Gasteiger partial charge in [-0.15, -0.1) is 0 Å². The first-order valence-electron chi connectivity index (χ1n) is 7.79. The summed E-state index contributed by atoms with van der Waals surface area (Å²) < 4.78 is 17.1. The molecule has 1 aromatic carbocycles. The highest BCUT2D eigenvalue weighted by Gasteiger charge is 2.21. The van der Waals surface area contributed by atoms with E-state index in [2.05, 4.69) is 31.3 Å². The van der Waals surface area contributed by atoms with E-state index in [4.69, 9.17) is 14.2 Å². The molecule has 0 spiro atoms. The summed E-state index contributed by atoms with van der Waals surface area (Å²) in [7, 11) is 1.69. The van der Waals surface area contributed by atoms with Gasteiger partial charge in [-0.05, 0) is 30.5 Å². The predicted molar refractivity (Wildman–Crippen MR) is 83.8 cm³/mol. The van der Waals surface area contributed by atoms with E-state index >= 15 is 0 Å². The molecule has 1 fully saturated rings. The SMILES string of the molecule is COc1cccc(C(CNC(C)C)OC2CCOCC2)c1. The van der Waals surface area contributed by atoms with Gasteiger partial charge in [0.25, 0.3) is 0 Å². The lowest BCUT2D eigenvalue weighted by Crippen LogP contribution is -2.33. The molecule has 1 aliphatic rings. The quantitative estimate of drug-likeness (QED) is 0.839. The van der Waals surface area contributed by atoms with Gasteiger partial charge in [0.1, 0.15) is 5.75 Å². The Kier molecular flexibility index (Phi) is 6.49. The maximum atomic E-state index is 6.33. The van der Waals surface area contributed by atoms with Crippen LogP contribution in [0.25, 0.3) is 0 Å². The van der Waals surface area contributed by atoms with Crippen LogP contribution < -0.4 is 10.1 Å². The number of hydrogen-bond donors (Lipinski definition) is 1. The molecule has 1 unspecified atom stereocenters. The lowest BCUT2D eigenvalue weighted by Gasteiger charge is -2.29. The molecular weight excluding hydrogens is 266 g/mol. The van der Waals surface area contributed by atoms with E-state index in [0.717, 1.165) is 43.9 Å².